The zero-order valence-corrected chi connectivity index (χ0v) is 14.8. The molecule has 0 amide bonds. The van der Waals surface area contributed by atoms with Crippen LogP contribution in [0, 0.1) is 0 Å². The molecule has 0 spiro atoms. The molecule has 1 aromatic carbocycles. The highest BCUT2D eigenvalue weighted by Crippen LogP contribution is 2.13. The predicted molar refractivity (Wildman–Crippen MR) is 97.3 cm³/mol. The van der Waals surface area contributed by atoms with Gasteiger partial charge in [-0.1, -0.05) is 25.1 Å². The van der Waals surface area contributed by atoms with E-state index < -0.39 is 0 Å². The minimum absolute atomic E-state index is 0.320. The van der Waals surface area contributed by atoms with Gasteiger partial charge in [-0.05, 0) is 49.2 Å². The van der Waals surface area contributed by atoms with Crippen LogP contribution in [0.3, 0.4) is 0 Å². The van der Waals surface area contributed by atoms with Gasteiger partial charge < -0.3 is 19.5 Å². The number of hydrogen-bond donors (Lipinski definition) is 1. The maximum Gasteiger partial charge on any atom is 0.354 e. The number of rotatable bonds is 11. The molecule has 0 aliphatic carbocycles. The second-order valence-corrected chi connectivity index (χ2v) is 5.74. The number of dihydropyridines is 1. The average molecular weight is 345 g/mol. The maximum atomic E-state index is 11.8. The summed E-state index contributed by atoms with van der Waals surface area (Å²) in [5, 5.41) is 2.88. The van der Waals surface area contributed by atoms with Gasteiger partial charge in [0.15, 0.2) is 0 Å². The number of nitrogens with one attached hydrogen (secondary N) is 1. The molecule has 1 aromatic rings. The topological polar surface area (TPSA) is 56.8 Å². The van der Waals surface area contributed by atoms with E-state index in [9.17, 15) is 4.79 Å². The largest absolute Gasteiger partial charge is 0.493 e. The van der Waals surface area contributed by atoms with E-state index in [1.165, 1.54) is 5.56 Å². The summed E-state index contributed by atoms with van der Waals surface area (Å²) in [4.78, 5) is 11.8. The standard InChI is InChI=1S/C20H27NO4/c1-2-13-23-16-11-17-7-9-18(10-8-17)24-14-5-15-25-20(22)19-6-3-4-12-21-19/h4,6-10,12,21H,2-3,5,11,13-16H2,1H3. The minimum Gasteiger partial charge on any atom is -0.493 e. The molecule has 0 radical (unpaired) electrons. The number of esters is 1. The van der Waals surface area contributed by atoms with E-state index in [-0.39, 0.29) is 5.97 Å². The number of carbonyl (C=O) groups excluding carboxylic acids is 1. The Kier molecular flexibility index (Phi) is 8.63. The van der Waals surface area contributed by atoms with Crippen LogP contribution < -0.4 is 10.1 Å². The normalized spacial score (nSPS) is 13.1. The van der Waals surface area contributed by atoms with Crippen molar-refractivity contribution in [2.24, 2.45) is 0 Å². The lowest BCUT2D eigenvalue weighted by molar-refractivity contribution is -0.139. The highest BCUT2D eigenvalue weighted by molar-refractivity contribution is 5.88. The number of allylic oxidation sites excluding steroid dienone is 2. The van der Waals surface area contributed by atoms with Crippen molar-refractivity contribution in [3.8, 4) is 5.75 Å². The Hall–Kier alpha value is -2.27. The lowest BCUT2D eigenvalue weighted by Crippen LogP contribution is -2.20. The number of carbonyl (C=O) groups is 1. The second kappa shape index (κ2) is 11.3. The summed E-state index contributed by atoms with van der Waals surface area (Å²) in [5.74, 6) is 0.505. The van der Waals surface area contributed by atoms with Crippen LogP contribution in [0.25, 0.3) is 0 Å². The number of hydrogen-bond acceptors (Lipinski definition) is 5. The van der Waals surface area contributed by atoms with Crippen molar-refractivity contribution < 1.29 is 19.0 Å². The summed E-state index contributed by atoms with van der Waals surface area (Å²) >= 11 is 0. The summed E-state index contributed by atoms with van der Waals surface area (Å²) in [6.45, 7) is 4.53. The Morgan fingerprint density at radius 2 is 1.96 bits per heavy atom. The van der Waals surface area contributed by atoms with Crippen LogP contribution in [0.5, 0.6) is 5.75 Å². The molecule has 0 aromatic heterocycles. The third-order valence-corrected chi connectivity index (χ3v) is 3.63. The smallest absolute Gasteiger partial charge is 0.354 e. The summed E-state index contributed by atoms with van der Waals surface area (Å²) < 4.78 is 16.4. The highest BCUT2D eigenvalue weighted by atomic mass is 16.5. The molecule has 2 rings (SSSR count). The first-order chi connectivity index (χ1) is 12.3. The van der Waals surface area contributed by atoms with Crippen molar-refractivity contribution in [2.45, 2.75) is 32.6 Å². The molecule has 1 N–H and O–H groups in total. The summed E-state index contributed by atoms with van der Waals surface area (Å²) in [5.41, 5.74) is 1.74. The van der Waals surface area contributed by atoms with Crippen molar-refractivity contribution in [3.63, 3.8) is 0 Å². The fraction of sp³-hybridized carbons (Fsp3) is 0.450. The van der Waals surface area contributed by atoms with E-state index in [0.717, 1.165) is 38.2 Å². The van der Waals surface area contributed by atoms with Gasteiger partial charge in [0, 0.05) is 13.0 Å². The Morgan fingerprint density at radius 1 is 1.12 bits per heavy atom. The molecule has 25 heavy (non-hydrogen) atoms. The first-order valence-electron chi connectivity index (χ1n) is 8.88. The van der Waals surface area contributed by atoms with Crippen LogP contribution in [0.15, 0.2) is 48.3 Å². The van der Waals surface area contributed by atoms with Crippen LogP contribution in [-0.4, -0.2) is 32.4 Å². The summed E-state index contributed by atoms with van der Waals surface area (Å²) in [6.07, 6.45) is 8.87. The minimum atomic E-state index is -0.320. The second-order valence-electron chi connectivity index (χ2n) is 5.74. The molecule has 136 valence electrons. The zero-order chi connectivity index (χ0) is 17.7. The molecule has 0 saturated heterocycles. The molecule has 5 nitrogen and oxygen atoms in total. The Bertz CT molecular complexity index is 578. The quantitative estimate of drug-likeness (QED) is 0.492. The Morgan fingerprint density at radius 3 is 2.68 bits per heavy atom. The van der Waals surface area contributed by atoms with Crippen molar-refractivity contribution >= 4 is 5.97 Å². The molecule has 0 saturated carbocycles. The van der Waals surface area contributed by atoms with E-state index in [1.807, 2.05) is 24.3 Å². The van der Waals surface area contributed by atoms with Gasteiger partial charge in [0.05, 0.1) is 19.8 Å². The first-order valence-corrected chi connectivity index (χ1v) is 8.88. The first kappa shape index (κ1) is 19.1. The predicted octanol–water partition coefficient (Wildman–Crippen LogP) is 3.36. The third kappa shape index (κ3) is 7.44. The van der Waals surface area contributed by atoms with Gasteiger partial charge in [-0.3, -0.25) is 0 Å². The van der Waals surface area contributed by atoms with Gasteiger partial charge >= 0.3 is 5.97 Å². The Labute approximate surface area is 149 Å². The third-order valence-electron chi connectivity index (χ3n) is 3.63. The molecular formula is C20H27NO4. The molecule has 5 heteroatoms. The Balaban J connectivity index is 1.57. The van der Waals surface area contributed by atoms with Crippen LogP contribution >= 0.6 is 0 Å². The van der Waals surface area contributed by atoms with Gasteiger partial charge in [-0.15, -0.1) is 0 Å². The molecule has 0 fully saturated rings. The van der Waals surface area contributed by atoms with Crippen molar-refractivity contribution in [3.05, 3.63) is 53.9 Å². The van der Waals surface area contributed by atoms with Crippen LogP contribution in [0.2, 0.25) is 0 Å². The molecule has 1 heterocycles. The van der Waals surface area contributed by atoms with Crippen LogP contribution in [0.4, 0.5) is 0 Å². The molecular weight excluding hydrogens is 318 g/mol. The van der Waals surface area contributed by atoms with E-state index in [2.05, 4.69) is 24.4 Å². The molecule has 1 aliphatic rings. The molecule has 1 aliphatic heterocycles. The average Bonchev–Trinajstić information content (AvgIpc) is 2.66. The van der Waals surface area contributed by atoms with Gasteiger partial charge in [-0.2, -0.15) is 0 Å². The monoisotopic (exact) mass is 345 g/mol. The van der Waals surface area contributed by atoms with Crippen molar-refractivity contribution in [2.75, 3.05) is 26.4 Å². The van der Waals surface area contributed by atoms with Crippen molar-refractivity contribution in [1.82, 2.24) is 5.32 Å². The lowest BCUT2D eigenvalue weighted by atomic mass is 10.1. The van der Waals surface area contributed by atoms with Crippen molar-refractivity contribution in [1.29, 1.82) is 0 Å². The van der Waals surface area contributed by atoms with E-state index >= 15 is 0 Å². The molecule has 0 atom stereocenters. The number of ether oxygens (including phenoxy) is 3. The lowest BCUT2D eigenvalue weighted by Gasteiger charge is -2.11. The van der Waals surface area contributed by atoms with Gasteiger partial charge in [0.1, 0.15) is 11.4 Å². The zero-order valence-electron chi connectivity index (χ0n) is 14.8. The molecule has 0 unspecified atom stereocenters. The SMILES string of the molecule is CCCOCCc1ccc(OCCCOC(=O)C2=CCC=CN2)cc1. The van der Waals surface area contributed by atoms with Crippen LogP contribution in [0.1, 0.15) is 31.7 Å². The van der Waals surface area contributed by atoms with Crippen LogP contribution in [-0.2, 0) is 20.7 Å². The number of benzene rings is 1. The summed E-state index contributed by atoms with van der Waals surface area (Å²) in [6, 6.07) is 8.04. The fourth-order valence-corrected chi connectivity index (χ4v) is 2.28. The van der Waals surface area contributed by atoms with E-state index in [1.54, 1.807) is 6.20 Å². The van der Waals surface area contributed by atoms with E-state index in [0.29, 0.717) is 25.3 Å². The summed E-state index contributed by atoms with van der Waals surface area (Å²) in [7, 11) is 0. The van der Waals surface area contributed by atoms with Gasteiger partial charge in [0.25, 0.3) is 0 Å². The maximum absolute atomic E-state index is 11.8. The molecule has 0 bridgehead atoms. The van der Waals surface area contributed by atoms with Gasteiger partial charge in [0.2, 0.25) is 0 Å². The van der Waals surface area contributed by atoms with E-state index in [4.69, 9.17) is 14.2 Å². The highest BCUT2D eigenvalue weighted by Gasteiger charge is 2.10. The fourth-order valence-electron chi connectivity index (χ4n) is 2.28. The van der Waals surface area contributed by atoms with Gasteiger partial charge in [-0.25, -0.2) is 4.79 Å².